The average molecular weight is 386 g/mol. The van der Waals surface area contributed by atoms with Crippen molar-refractivity contribution in [1.82, 2.24) is 4.90 Å². The highest BCUT2D eigenvalue weighted by molar-refractivity contribution is 5.98. The van der Waals surface area contributed by atoms with Gasteiger partial charge in [-0.2, -0.15) is 0 Å². The van der Waals surface area contributed by atoms with Gasteiger partial charge in [0.1, 0.15) is 11.6 Å². The first-order valence-corrected chi connectivity index (χ1v) is 9.01. The number of likely N-dealkylation sites (tertiary alicyclic amines) is 1. The van der Waals surface area contributed by atoms with E-state index < -0.39 is 17.5 Å². The summed E-state index contributed by atoms with van der Waals surface area (Å²) in [5.41, 5.74) is 0.884. The van der Waals surface area contributed by atoms with Crippen molar-refractivity contribution < 1.29 is 23.2 Å². The molecule has 0 atom stereocenters. The number of nitrogens with one attached hydrogen (secondary N) is 1. The van der Waals surface area contributed by atoms with E-state index in [1.165, 1.54) is 11.8 Å². The largest absolute Gasteiger partial charge is 0.339 e. The van der Waals surface area contributed by atoms with E-state index in [0.29, 0.717) is 43.2 Å². The number of carbonyl (C=O) groups is 3. The third-order valence-corrected chi connectivity index (χ3v) is 4.85. The predicted octanol–water partition coefficient (Wildman–Crippen LogP) is 3.66. The lowest BCUT2D eigenvalue weighted by Gasteiger charge is -2.31. The second-order valence-electron chi connectivity index (χ2n) is 6.82. The normalized spacial score (nSPS) is 14.6. The molecule has 2 amide bonds. The van der Waals surface area contributed by atoms with Crippen LogP contribution >= 0.6 is 0 Å². The summed E-state index contributed by atoms with van der Waals surface area (Å²) in [6.07, 6.45) is 0.875. The Morgan fingerprint density at radius 3 is 2.39 bits per heavy atom. The van der Waals surface area contributed by atoms with Gasteiger partial charge in [-0.15, -0.1) is 0 Å². The van der Waals surface area contributed by atoms with Crippen molar-refractivity contribution >= 4 is 23.3 Å². The molecule has 1 N–H and O–H groups in total. The maximum atomic E-state index is 13.8. The summed E-state index contributed by atoms with van der Waals surface area (Å²) in [6.45, 7) is 2.07. The Bertz CT molecular complexity index is 922. The molecule has 0 saturated carbocycles. The zero-order valence-corrected chi connectivity index (χ0v) is 15.4. The van der Waals surface area contributed by atoms with Gasteiger partial charge in [-0.1, -0.05) is 12.1 Å². The summed E-state index contributed by atoms with van der Waals surface area (Å²) in [5, 5.41) is 2.80. The smallest absolute Gasteiger partial charge is 0.256 e. The molecule has 28 heavy (non-hydrogen) atoms. The summed E-state index contributed by atoms with van der Waals surface area (Å²) in [7, 11) is 0. The second kappa shape index (κ2) is 8.29. The second-order valence-corrected chi connectivity index (χ2v) is 6.82. The Kier molecular flexibility index (Phi) is 5.82. The van der Waals surface area contributed by atoms with E-state index in [1.807, 2.05) is 0 Å². The number of benzene rings is 2. The Morgan fingerprint density at radius 1 is 1.04 bits per heavy atom. The van der Waals surface area contributed by atoms with Crippen LogP contribution in [0.3, 0.4) is 0 Å². The Hall–Kier alpha value is -3.09. The van der Waals surface area contributed by atoms with Crippen molar-refractivity contribution in [2.24, 2.45) is 5.92 Å². The van der Waals surface area contributed by atoms with E-state index in [9.17, 15) is 23.2 Å². The van der Waals surface area contributed by atoms with E-state index in [4.69, 9.17) is 0 Å². The van der Waals surface area contributed by atoms with Crippen molar-refractivity contribution in [3.8, 4) is 0 Å². The van der Waals surface area contributed by atoms with Gasteiger partial charge in [0.05, 0.1) is 5.56 Å². The van der Waals surface area contributed by atoms with Crippen LogP contribution in [0.1, 0.15) is 40.5 Å². The number of carbonyl (C=O) groups excluding carboxylic acids is 3. The summed E-state index contributed by atoms with van der Waals surface area (Å²) in [4.78, 5) is 37.8. The van der Waals surface area contributed by atoms with E-state index in [2.05, 4.69) is 5.32 Å². The SMILES string of the molecule is CC(=O)c1cccc(NC(=O)C2CCN(C(=O)c3ccc(F)cc3F)CC2)c1. The van der Waals surface area contributed by atoms with Gasteiger partial charge in [-0.25, -0.2) is 8.78 Å². The molecule has 2 aromatic carbocycles. The molecule has 2 aromatic rings. The number of piperidine rings is 1. The van der Waals surface area contributed by atoms with Crippen molar-refractivity contribution in [2.45, 2.75) is 19.8 Å². The number of rotatable bonds is 4. The van der Waals surface area contributed by atoms with Crippen LogP contribution in [0, 0.1) is 17.6 Å². The van der Waals surface area contributed by atoms with Crippen molar-refractivity contribution in [2.75, 3.05) is 18.4 Å². The Balaban J connectivity index is 1.59. The van der Waals surface area contributed by atoms with Gasteiger partial charge in [0, 0.05) is 36.3 Å². The Morgan fingerprint density at radius 2 is 1.75 bits per heavy atom. The summed E-state index contributed by atoms with van der Waals surface area (Å²) in [6, 6.07) is 9.57. The fourth-order valence-electron chi connectivity index (χ4n) is 3.24. The van der Waals surface area contributed by atoms with Crippen LogP contribution in [0.4, 0.5) is 14.5 Å². The van der Waals surface area contributed by atoms with Crippen LogP contribution in [0.15, 0.2) is 42.5 Å². The molecule has 146 valence electrons. The van der Waals surface area contributed by atoms with Crippen LogP contribution in [0.25, 0.3) is 0 Å². The third-order valence-electron chi connectivity index (χ3n) is 4.85. The molecule has 0 spiro atoms. The molecule has 0 radical (unpaired) electrons. The van der Waals surface area contributed by atoms with E-state index in [0.717, 1.165) is 12.1 Å². The highest BCUT2D eigenvalue weighted by Crippen LogP contribution is 2.22. The first-order chi connectivity index (χ1) is 13.3. The van der Waals surface area contributed by atoms with Crippen LogP contribution in [-0.4, -0.2) is 35.6 Å². The predicted molar refractivity (Wildman–Crippen MR) is 100 cm³/mol. The monoisotopic (exact) mass is 386 g/mol. The summed E-state index contributed by atoms with van der Waals surface area (Å²) in [5.74, 6) is -2.70. The van der Waals surface area contributed by atoms with Crippen LogP contribution in [0.2, 0.25) is 0 Å². The minimum absolute atomic E-state index is 0.0871. The minimum atomic E-state index is -0.893. The van der Waals surface area contributed by atoms with Gasteiger partial charge >= 0.3 is 0 Å². The molecule has 1 heterocycles. The van der Waals surface area contributed by atoms with Crippen LogP contribution in [0.5, 0.6) is 0 Å². The molecule has 0 bridgehead atoms. The lowest BCUT2D eigenvalue weighted by Crippen LogP contribution is -2.41. The van der Waals surface area contributed by atoms with Gasteiger partial charge < -0.3 is 10.2 Å². The zero-order valence-electron chi connectivity index (χ0n) is 15.4. The number of nitrogens with zero attached hydrogens (tertiary/aromatic N) is 1. The van der Waals surface area contributed by atoms with Crippen LogP contribution in [-0.2, 0) is 4.79 Å². The highest BCUT2D eigenvalue weighted by Gasteiger charge is 2.29. The third kappa shape index (κ3) is 4.42. The van der Waals surface area contributed by atoms with E-state index in [1.54, 1.807) is 24.3 Å². The topological polar surface area (TPSA) is 66.5 Å². The Labute approximate surface area is 161 Å². The molecule has 3 rings (SSSR count). The quantitative estimate of drug-likeness (QED) is 0.816. The first kappa shape index (κ1) is 19.7. The molecule has 1 aliphatic heterocycles. The number of amides is 2. The zero-order chi connectivity index (χ0) is 20.3. The molecular weight excluding hydrogens is 366 g/mol. The van der Waals surface area contributed by atoms with E-state index in [-0.39, 0.29) is 23.2 Å². The number of hydrogen-bond acceptors (Lipinski definition) is 3. The molecule has 7 heteroatoms. The molecule has 1 aliphatic rings. The molecule has 1 saturated heterocycles. The minimum Gasteiger partial charge on any atom is -0.339 e. The van der Waals surface area contributed by atoms with Gasteiger partial charge in [0.15, 0.2) is 5.78 Å². The average Bonchev–Trinajstić information content (AvgIpc) is 2.68. The summed E-state index contributed by atoms with van der Waals surface area (Å²) < 4.78 is 26.8. The van der Waals surface area contributed by atoms with Crippen molar-refractivity contribution in [3.63, 3.8) is 0 Å². The van der Waals surface area contributed by atoms with Gasteiger partial charge in [0.25, 0.3) is 5.91 Å². The molecule has 5 nitrogen and oxygen atoms in total. The number of halogens is 2. The number of anilines is 1. The molecular formula is C21H20F2N2O3. The number of ketones is 1. The van der Waals surface area contributed by atoms with Crippen LogP contribution < -0.4 is 5.32 Å². The first-order valence-electron chi connectivity index (χ1n) is 9.01. The van der Waals surface area contributed by atoms with Gasteiger partial charge in [-0.3, -0.25) is 14.4 Å². The summed E-state index contributed by atoms with van der Waals surface area (Å²) >= 11 is 0. The molecule has 0 unspecified atom stereocenters. The fraction of sp³-hybridized carbons (Fsp3) is 0.286. The lowest BCUT2D eigenvalue weighted by molar-refractivity contribution is -0.121. The maximum absolute atomic E-state index is 13.8. The van der Waals surface area contributed by atoms with Gasteiger partial charge in [0.2, 0.25) is 5.91 Å². The van der Waals surface area contributed by atoms with Crippen molar-refractivity contribution in [1.29, 1.82) is 0 Å². The lowest BCUT2D eigenvalue weighted by atomic mass is 9.95. The fourth-order valence-corrected chi connectivity index (χ4v) is 3.24. The molecule has 0 aromatic heterocycles. The van der Waals surface area contributed by atoms with Gasteiger partial charge in [-0.05, 0) is 44.0 Å². The highest BCUT2D eigenvalue weighted by atomic mass is 19.1. The molecule has 0 aliphatic carbocycles. The van der Waals surface area contributed by atoms with Crippen molar-refractivity contribution in [3.05, 3.63) is 65.2 Å². The standard InChI is InChI=1S/C21H20F2N2O3/c1-13(26)15-3-2-4-17(11-15)24-20(27)14-7-9-25(10-8-14)21(28)18-6-5-16(22)12-19(18)23/h2-6,11-12,14H,7-10H2,1H3,(H,24,27). The number of hydrogen-bond donors (Lipinski definition) is 1. The maximum Gasteiger partial charge on any atom is 0.256 e. The molecule has 1 fully saturated rings. The number of Topliss-reactive ketones (excluding diaryl/α,β-unsaturated/α-hetero) is 1. The van der Waals surface area contributed by atoms with E-state index >= 15 is 0 Å².